The maximum atomic E-state index is 4.24. The number of amidine groups is 1. The molecule has 0 amide bonds. The molecule has 0 aromatic rings. The van der Waals surface area contributed by atoms with Gasteiger partial charge in [-0.1, -0.05) is 6.92 Å². The summed E-state index contributed by atoms with van der Waals surface area (Å²) in [6.07, 6.45) is 2.75. The van der Waals surface area contributed by atoms with Crippen molar-refractivity contribution in [3.63, 3.8) is 0 Å². The monoisotopic (exact) mass is 168 g/mol. The molecule has 0 spiro atoms. The van der Waals surface area contributed by atoms with E-state index in [4.69, 9.17) is 0 Å². The quantitative estimate of drug-likeness (QED) is 0.672. The fourth-order valence-corrected chi connectivity index (χ4v) is 1.10. The Bertz CT molecular complexity index is 185. The summed E-state index contributed by atoms with van der Waals surface area (Å²) in [5.74, 6) is 0.964. The zero-order valence-electron chi connectivity index (χ0n) is 7.75. The van der Waals surface area contributed by atoms with Gasteiger partial charge in [-0.3, -0.25) is 10.0 Å². The molecule has 0 aromatic heterocycles. The molecule has 0 bridgehead atoms. The first-order chi connectivity index (χ1) is 5.86. The van der Waals surface area contributed by atoms with Crippen molar-refractivity contribution in [3.8, 4) is 0 Å². The molecule has 0 saturated carbocycles. The van der Waals surface area contributed by atoms with Gasteiger partial charge in [0, 0.05) is 26.1 Å². The van der Waals surface area contributed by atoms with E-state index in [0.29, 0.717) is 0 Å². The predicted molar refractivity (Wildman–Crippen MR) is 51.5 cm³/mol. The van der Waals surface area contributed by atoms with Crippen LogP contribution in [0.1, 0.15) is 20.3 Å². The molecule has 1 N–H and O–H groups in total. The van der Waals surface area contributed by atoms with Gasteiger partial charge in [0.2, 0.25) is 0 Å². The van der Waals surface area contributed by atoms with Crippen molar-refractivity contribution < 1.29 is 0 Å². The molecule has 1 rings (SSSR count). The van der Waals surface area contributed by atoms with E-state index >= 15 is 0 Å². The van der Waals surface area contributed by atoms with Gasteiger partial charge < -0.3 is 0 Å². The molecule has 0 aliphatic carbocycles. The minimum atomic E-state index is 0.827. The van der Waals surface area contributed by atoms with Gasteiger partial charge >= 0.3 is 0 Å². The number of rotatable bonds is 3. The molecule has 68 valence electrons. The summed E-state index contributed by atoms with van der Waals surface area (Å²) in [7, 11) is 0. The number of nitrogens with zero attached hydrogens (tertiary/aromatic N) is 3. The van der Waals surface area contributed by atoms with Gasteiger partial charge in [-0.15, -0.1) is 0 Å². The van der Waals surface area contributed by atoms with E-state index in [1.165, 1.54) is 0 Å². The van der Waals surface area contributed by atoms with Gasteiger partial charge in [0.15, 0.2) is 0 Å². The Morgan fingerprint density at radius 3 is 3.00 bits per heavy atom. The van der Waals surface area contributed by atoms with Crippen LogP contribution in [-0.4, -0.2) is 36.8 Å². The highest BCUT2D eigenvalue weighted by Crippen LogP contribution is 1.97. The fraction of sp³-hybridized carbons (Fsp3) is 0.750. The van der Waals surface area contributed by atoms with Crippen LogP contribution in [0.2, 0.25) is 0 Å². The zero-order valence-corrected chi connectivity index (χ0v) is 7.75. The molecule has 12 heavy (non-hydrogen) atoms. The lowest BCUT2D eigenvalue weighted by Crippen LogP contribution is -2.40. The molecule has 0 fully saturated rings. The summed E-state index contributed by atoms with van der Waals surface area (Å²) in [6.45, 7) is 6.83. The Kier molecular flexibility index (Phi) is 3.73. The first-order valence-electron chi connectivity index (χ1n) is 4.44. The summed E-state index contributed by atoms with van der Waals surface area (Å²) < 4.78 is 0. The van der Waals surface area contributed by atoms with E-state index in [2.05, 4.69) is 22.3 Å². The minimum Gasteiger partial charge on any atom is -0.298 e. The molecule has 0 aromatic carbocycles. The second-order valence-corrected chi connectivity index (χ2v) is 2.59. The molecule has 4 nitrogen and oxygen atoms in total. The highest BCUT2D eigenvalue weighted by molar-refractivity contribution is 5.90. The van der Waals surface area contributed by atoms with Crippen LogP contribution in [0.25, 0.3) is 0 Å². The fourth-order valence-electron chi connectivity index (χ4n) is 1.10. The highest BCUT2D eigenvalue weighted by Gasteiger charge is 2.06. The largest absolute Gasteiger partial charge is 0.298 e. The molecule has 1 aliphatic rings. The van der Waals surface area contributed by atoms with E-state index in [1.807, 2.05) is 18.3 Å². The Morgan fingerprint density at radius 1 is 1.67 bits per heavy atom. The van der Waals surface area contributed by atoms with Crippen LogP contribution in [0.4, 0.5) is 0 Å². The Balaban J connectivity index is 2.42. The van der Waals surface area contributed by atoms with Crippen LogP contribution in [0.5, 0.6) is 0 Å². The summed E-state index contributed by atoms with van der Waals surface area (Å²) in [5.41, 5.74) is 3.18. The first-order valence-corrected chi connectivity index (χ1v) is 4.44. The number of hydrazine groups is 1. The smallest absolute Gasteiger partial charge is 0.126 e. The highest BCUT2D eigenvalue weighted by atomic mass is 15.5. The summed E-state index contributed by atoms with van der Waals surface area (Å²) >= 11 is 0. The maximum absolute atomic E-state index is 4.24. The molecule has 0 radical (unpaired) electrons. The number of hydrogen-bond acceptors (Lipinski definition) is 3. The third kappa shape index (κ3) is 2.62. The second kappa shape index (κ2) is 4.87. The number of aliphatic imine (C=N–C) groups is 2. The first kappa shape index (κ1) is 9.19. The molecule has 0 unspecified atom stereocenters. The second-order valence-electron chi connectivity index (χ2n) is 2.59. The zero-order chi connectivity index (χ0) is 8.81. The third-order valence-electron chi connectivity index (χ3n) is 1.62. The minimum absolute atomic E-state index is 0.827. The van der Waals surface area contributed by atoms with Crippen molar-refractivity contribution in [3.05, 3.63) is 0 Å². The lowest BCUT2D eigenvalue weighted by Gasteiger charge is -2.22. The number of nitrogens with one attached hydrogen (secondary N) is 1. The Hall–Kier alpha value is -0.900. The third-order valence-corrected chi connectivity index (χ3v) is 1.62. The van der Waals surface area contributed by atoms with Crippen molar-refractivity contribution >= 4 is 12.2 Å². The van der Waals surface area contributed by atoms with Gasteiger partial charge in [0.05, 0.1) is 0 Å². The summed E-state index contributed by atoms with van der Waals surface area (Å²) in [4.78, 5) is 8.45. The van der Waals surface area contributed by atoms with Crippen LogP contribution in [-0.2, 0) is 0 Å². The van der Waals surface area contributed by atoms with Crippen LogP contribution >= 0.6 is 0 Å². The van der Waals surface area contributed by atoms with E-state index in [9.17, 15) is 0 Å². The molecule has 1 aliphatic heterocycles. The van der Waals surface area contributed by atoms with E-state index in [-0.39, 0.29) is 0 Å². The van der Waals surface area contributed by atoms with Gasteiger partial charge in [0.25, 0.3) is 0 Å². The van der Waals surface area contributed by atoms with Crippen LogP contribution < -0.4 is 5.43 Å². The van der Waals surface area contributed by atoms with Crippen LogP contribution in [0, 0.1) is 0 Å². The normalized spacial score (nSPS) is 20.5. The van der Waals surface area contributed by atoms with Crippen LogP contribution in [0.15, 0.2) is 9.98 Å². The average Bonchev–Trinajstić information content (AvgIpc) is 2.09. The molecular weight excluding hydrogens is 152 g/mol. The van der Waals surface area contributed by atoms with Gasteiger partial charge in [-0.25, -0.2) is 10.4 Å². The average molecular weight is 168 g/mol. The standard InChI is InChI=1S/C8H16N4/c1-3-9-8-5-6-12(7-10-8)11-4-2/h7,11H,3-6H2,1-2H3. The molecule has 1 heterocycles. The Morgan fingerprint density at radius 2 is 2.50 bits per heavy atom. The molecular formula is C8H16N4. The van der Waals surface area contributed by atoms with E-state index in [0.717, 1.165) is 31.9 Å². The van der Waals surface area contributed by atoms with Crippen LogP contribution in [0.3, 0.4) is 0 Å². The van der Waals surface area contributed by atoms with Crippen molar-refractivity contribution in [1.29, 1.82) is 0 Å². The lowest BCUT2D eigenvalue weighted by atomic mass is 10.3. The summed E-state index contributed by atoms with van der Waals surface area (Å²) in [5, 5.41) is 1.99. The van der Waals surface area contributed by atoms with Gasteiger partial charge in [0.1, 0.15) is 12.2 Å². The molecule has 0 saturated heterocycles. The SMILES string of the molecule is CCN=C1CCN(NCC)C=N1. The van der Waals surface area contributed by atoms with Crippen molar-refractivity contribution in [2.45, 2.75) is 20.3 Å². The van der Waals surface area contributed by atoms with Crippen molar-refractivity contribution in [2.24, 2.45) is 9.98 Å². The summed E-state index contributed by atoms with van der Waals surface area (Å²) in [6, 6.07) is 0. The maximum Gasteiger partial charge on any atom is 0.126 e. The van der Waals surface area contributed by atoms with Gasteiger partial charge in [-0.05, 0) is 6.92 Å². The Labute approximate surface area is 73.4 Å². The molecule has 4 heteroatoms. The lowest BCUT2D eigenvalue weighted by molar-refractivity contribution is 0.329. The molecule has 0 atom stereocenters. The van der Waals surface area contributed by atoms with E-state index in [1.54, 1.807) is 0 Å². The van der Waals surface area contributed by atoms with Gasteiger partial charge in [-0.2, -0.15) is 0 Å². The predicted octanol–water partition coefficient (Wildman–Crippen LogP) is 0.663. The van der Waals surface area contributed by atoms with Crippen molar-refractivity contribution in [1.82, 2.24) is 10.4 Å². The van der Waals surface area contributed by atoms with E-state index < -0.39 is 0 Å². The van der Waals surface area contributed by atoms with Crippen molar-refractivity contribution in [2.75, 3.05) is 19.6 Å². The topological polar surface area (TPSA) is 40.0 Å². The number of hydrogen-bond donors (Lipinski definition) is 1.